The average molecular weight is 267 g/mol. The zero-order valence-corrected chi connectivity index (χ0v) is 10.7. The largest absolute Gasteiger partial charge is 0.302 e. The molecule has 19 heavy (non-hydrogen) atoms. The highest BCUT2D eigenvalue weighted by atomic mass is 32.1. The van der Waals surface area contributed by atoms with E-state index < -0.39 is 0 Å². The summed E-state index contributed by atoms with van der Waals surface area (Å²) in [4.78, 5) is 22.6. The van der Waals surface area contributed by atoms with E-state index in [9.17, 15) is 4.79 Å². The van der Waals surface area contributed by atoms with Crippen molar-refractivity contribution in [3.05, 3.63) is 53.3 Å². The minimum absolute atomic E-state index is 0.0203. The minimum Gasteiger partial charge on any atom is -0.302 e. The fraction of sp³-hybridized carbons (Fsp3) is 0.0714. The van der Waals surface area contributed by atoms with E-state index >= 15 is 0 Å². The fourth-order valence-corrected chi connectivity index (χ4v) is 3.06. The van der Waals surface area contributed by atoms with Crippen molar-refractivity contribution < 1.29 is 4.79 Å². The van der Waals surface area contributed by atoms with Gasteiger partial charge in [0.1, 0.15) is 0 Å². The molecule has 2 aromatic heterocycles. The van der Waals surface area contributed by atoms with Crippen LogP contribution in [0.15, 0.2) is 42.0 Å². The first kappa shape index (κ1) is 10.6. The van der Waals surface area contributed by atoms with Gasteiger partial charge in [-0.3, -0.25) is 9.78 Å². The van der Waals surface area contributed by atoms with Crippen molar-refractivity contribution in [3.8, 4) is 0 Å². The van der Waals surface area contributed by atoms with Crippen LogP contribution in [-0.4, -0.2) is 15.9 Å². The molecule has 0 spiro atoms. The number of benzene rings is 1. The van der Waals surface area contributed by atoms with Gasteiger partial charge in [-0.15, -0.1) is 11.3 Å². The molecule has 3 heterocycles. The quantitative estimate of drug-likeness (QED) is 0.681. The molecule has 0 saturated heterocycles. The van der Waals surface area contributed by atoms with Crippen LogP contribution in [0.5, 0.6) is 0 Å². The second-order valence-electron chi connectivity index (χ2n) is 4.39. The lowest BCUT2D eigenvalue weighted by atomic mass is 10.2. The second kappa shape index (κ2) is 3.86. The molecule has 0 aliphatic carbocycles. The number of amides is 1. The number of aromatic nitrogens is 2. The number of fused-ring (bicyclic) bond motifs is 2. The van der Waals surface area contributed by atoms with E-state index in [1.165, 1.54) is 0 Å². The van der Waals surface area contributed by atoms with Crippen molar-refractivity contribution in [1.29, 1.82) is 0 Å². The Morgan fingerprint density at radius 1 is 1.21 bits per heavy atom. The minimum atomic E-state index is 0.0203. The maximum atomic E-state index is 12.3. The first-order chi connectivity index (χ1) is 9.33. The number of pyridine rings is 1. The van der Waals surface area contributed by atoms with Crippen LogP contribution in [0.3, 0.4) is 0 Å². The lowest BCUT2D eigenvalue weighted by molar-refractivity contribution is 0.0996. The van der Waals surface area contributed by atoms with Gasteiger partial charge < -0.3 is 4.90 Å². The molecule has 0 saturated carbocycles. The van der Waals surface area contributed by atoms with Gasteiger partial charge in [-0.05, 0) is 30.3 Å². The van der Waals surface area contributed by atoms with Crippen LogP contribution in [-0.2, 0) is 6.54 Å². The third-order valence-corrected chi connectivity index (χ3v) is 4.09. The molecule has 0 unspecified atom stereocenters. The number of hydrogen-bond donors (Lipinski definition) is 0. The van der Waals surface area contributed by atoms with Crippen LogP contribution in [0.2, 0.25) is 0 Å². The molecule has 0 radical (unpaired) electrons. The van der Waals surface area contributed by atoms with E-state index in [0.29, 0.717) is 12.1 Å². The zero-order valence-electron chi connectivity index (χ0n) is 9.91. The lowest BCUT2D eigenvalue weighted by Gasteiger charge is -2.15. The van der Waals surface area contributed by atoms with E-state index in [2.05, 4.69) is 9.97 Å². The van der Waals surface area contributed by atoms with Crippen LogP contribution >= 0.6 is 11.3 Å². The molecule has 92 valence electrons. The highest BCUT2D eigenvalue weighted by Crippen LogP contribution is 2.30. The van der Waals surface area contributed by atoms with Crippen molar-refractivity contribution in [3.63, 3.8) is 0 Å². The van der Waals surface area contributed by atoms with Gasteiger partial charge in [0.25, 0.3) is 5.91 Å². The molecule has 1 aromatic carbocycles. The predicted molar refractivity (Wildman–Crippen MR) is 74.4 cm³/mol. The summed E-state index contributed by atoms with van der Waals surface area (Å²) >= 11 is 1.58. The van der Waals surface area contributed by atoms with Crippen molar-refractivity contribution in [2.45, 2.75) is 6.54 Å². The number of anilines is 1. The number of carbonyl (C=O) groups is 1. The number of nitrogens with zero attached hydrogens (tertiary/aromatic N) is 3. The maximum Gasteiger partial charge on any atom is 0.260 e. The molecule has 3 aromatic rings. The summed E-state index contributed by atoms with van der Waals surface area (Å²) in [6, 6.07) is 9.52. The van der Waals surface area contributed by atoms with E-state index in [-0.39, 0.29) is 5.91 Å². The summed E-state index contributed by atoms with van der Waals surface area (Å²) < 4.78 is 1.09. The predicted octanol–water partition coefficient (Wildman–Crippen LogP) is 2.85. The molecule has 4 rings (SSSR count). The first-order valence-electron chi connectivity index (χ1n) is 5.92. The molecule has 0 bridgehead atoms. The van der Waals surface area contributed by atoms with Crippen LogP contribution in [0.25, 0.3) is 10.2 Å². The van der Waals surface area contributed by atoms with Gasteiger partial charge in [0.15, 0.2) is 0 Å². The third-order valence-electron chi connectivity index (χ3n) is 3.30. The van der Waals surface area contributed by atoms with Crippen molar-refractivity contribution in [2.75, 3.05) is 4.90 Å². The first-order valence-corrected chi connectivity index (χ1v) is 6.80. The Labute approximate surface area is 113 Å². The topological polar surface area (TPSA) is 46.1 Å². The van der Waals surface area contributed by atoms with Crippen LogP contribution < -0.4 is 4.90 Å². The van der Waals surface area contributed by atoms with Crippen LogP contribution in [0.4, 0.5) is 5.69 Å². The van der Waals surface area contributed by atoms with Gasteiger partial charge in [0.2, 0.25) is 0 Å². The Morgan fingerprint density at radius 3 is 3.05 bits per heavy atom. The lowest BCUT2D eigenvalue weighted by Crippen LogP contribution is -2.22. The smallest absolute Gasteiger partial charge is 0.260 e. The zero-order chi connectivity index (χ0) is 12.8. The maximum absolute atomic E-state index is 12.3. The molecule has 1 amide bonds. The van der Waals surface area contributed by atoms with Crippen molar-refractivity contribution in [2.24, 2.45) is 0 Å². The number of rotatable bonds is 1. The van der Waals surface area contributed by atoms with Crippen molar-refractivity contribution in [1.82, 2.24) is 9.97 Å². The third kappa shape index (κ3) is 1.55. The summed E-state index contributed by atoms with van der Waals surface area (Å²) in [6.07, 6.45) is 1.72. The molecule has 5 heteroatoms. The highest BCUT2D eigenvalue weighted by molar-refractivity contribution is 7.16. The molecule has 0 atom stereocenters. The fourth-order valence-electron chi connectivity index (χ4n) is 2.35. The molecular formula is C14H9N3OS. The van der Waals surface area contributed by atoms with Crippen LogP contribution in [0, 0.1) is 0 Å². The molecule has 1 aliphatic heterocycles. The van der Waals surface area contributed by atoms with E-state index in [1.54, 1.807) is 28.5 Å². The summed E-state index contributed by atoms with van der Waals surface area (Å²) in [6.45, 7) is 0.541. The Morgan fingerprint density at radius 2 is 2.16 bits per heavy atom. The Hall–Kier alpha value is -2.27. The van der Waals surface area contributed by atoms with Gasteiger partial charge in [0.05, 0.1) is 33.5 Å². The standard InChI is InChI=1S/C14H9N3OS/c18-14-10-2-1-5-15-12(10)7-17(14)9-3-4-11-13(6-9)19-8-16-11/h1-6,8H,7H2. The summed E-state index contributed by atoms with van der Waals surface area (Å²) in [5.41, 5.74) is 5.23. The van der Waals surface area contributed by atoms with E-state index in [0.717, 1.165) is 21.6 Å². The summed E-state index contributed by atoms with van der Waals surface area (Å²) in [5.74, 6) is 0.0203. The number of thiazole rings is 1. The molecule has 4 nitrogen and oxygen atoms in total. The molecule has 0 N–H and O–H groups in total. The Kier molecular flexibility index (Phi) is 2.16. The summed E-state index contributed by atoms with van der Waals surface area (Å²) in [5, 5.41) is 0. The van der Waals surface area contributed by atoms with Gasteiger partial charge in [0, 0.05) is 11.9 Å². The molecule has 1 aliphatic rings. The van der Waals surface area contributed by atoms with E-state index in [1.807, 2.05) is 29.8 Å². The van der Waals surface area contributed by atoms with Gasteiger partial charge >= 0.3 is 0 Å². The van der Waals surface area contributed by atoms with E-state index in [4.69, 9.17) is 0 Å². The Balaban J connectivity index is 1.80. The highest BCUT2D eigenvalue weighted by Gasteiger charge is 2.29. The normalized spacial score (nSPS) is 14.1. The average Bonchev–Trinajstić information content (AvgIpc) is 3.03. The van der Waals surface area contributed by atoms with Crippen LogP contribution in [0.1, 0.15) is 16.1 Å². The van der Waals surface area contributed by atoms with Gasteiger partial charge in [-0.25, -0.2) is 4.98 Å². The number of hydrogen-bond acceptors (Lipinski definition) is 4. The second-order valence-corrected chi connectivity index (χ2v) is 5.28. The van der Waals surface area contributed by atoms with Crippen molar-refractivity contribution >= 4 is 33.1 Å². The molecular weight excluding hydrogens is 258 g/mol. The van der Waals surface area contributed by atoms with Gasteiger partial charge in [-0.1, -0.05) is 0 Å². The number of carbonyl (C=O) groups excluding carboxylic acids is 1. The molecule has 0 fully saturated rings. The van der Waals surface area contributed by atoms with Gasteiger partial charge in [-0.2, -0.15) is 0 Å². The summed E-state index contributed by atoms with van der Waals surface area (Å²) in [7, 11) is 0. The SMILES string of the molecule is O=C1c2cccnc2CN1c1ccc2ncsc2c1. The Bertz CT molecular complexity index is 796. The monoisotopic (exact) mass is 267 g/mol.